The van der Waals surface area contributed by atoms with Gasteiger partial charge in [0.05, 0.1) is 19.2 Å². The number of carbonyl (C=O) groups excluding carboxylic acids is 2. The van der Waals surface area contributed by atoms with E-state index in [-0.39, 0.29) is 12.5 Å². The molecule has 0 saturated carbocycles. The topological polar surface area (TPSA) is 88.1 Å². The minimum Gasteiger partial charge on any atom is -0.491 e. The highest BCUT2D eigenvalue weighted by molar-refractivity contribution is 5.89. The molecular formula is C15H20N2O5. The van der Waals surface area contributed by atoms with Crippen molar-refractivity contribution in [3.8, 4) is 5.75 Å². The number of ether oxygens (including phenoxy) is 2. The second kappa shape index (κ2) is 7.77. The normalized spacial score (nSPS) is 16.7. The molecule has 1 aromatic rings. The Balaban J connectivity index is 1.77. The second-order valence-corrected chi connectivity index (χ2v) is 5.07. The molecular weight excluding hydrogens is 288 g/mol. The maximum Gasteiger partial charge on any atom is 0.337 e. The van der Waals surface area contributed by atoms with Gasteiger partial charge in [-0.1, -0.05) is 0 Å². The molecule has 1 saturated heterocycles. The monoisotopic (exact) mass is 308 g/mol. The number of nitrogens with one attached hydrogen (secondary N) is 1. The smallest absolute Gasteiger partial charge is 0.337 e. The standard InChI is InChI=1S/C15H20N2O5/c1-21-15(20)11-2-4-13(5-3-11)22-10-12(18)8-17-7-6-16-14(19)9-17/h2-5,12,18H,6-10H2,1H3,(H,16,19)/t12-/m1/s1. The van der Waals surface area contributed by atoms with E-state index in [4.69, 9.17) is 4.74 Å². The zero-order valence-corrected chi connectivity index (χ0v) is 12.4. The van der Waals surface area contributed by atoms with E-state index in [9.17, 15) is 14.7 Å². The third-order valence-corrected chi connectivity index (χ3v) is 3.30. The zero-order valence-electron chi connectivity index (χ0n) is 12.4. The number of hydrogen-bond acceptors (Lipinski definition) is 6. The Kier molecular flexibility index (Phi) is 5.74. The number of β-amino-alcohol motifs (C(OH)–C–C–N with tert-alkyl or cyclic N) is 1. The molecule has 0 unspecified atom stereocenters. The zero-order chi connectivity index (χ0) is 15.9. The number of methoxy groups -OCH3 is 1. The van der Waals surface area contributed by atoms with Crippen molar-refractivity contribution in [1.29, 1.82) is 0 Å². The Hall–Kier alpha value is -2.12. The summed E-state index contributed by atoms with van der Waals surface area (Å²) < 4.78 is 10.1. The summed E-state index contributed by atoms with van der Waals surface area (Å²) in [6, 6.07) is 6.49. The van der Waals surface area contributed by atoms with Crippen LogP contribution in [0, 0.1) is 0 Å². The fourth-order valence-electron chi connectivity index (χ4n) is 2.20. The molecule has 1 amide bonds. The van der Waals surface area contributed by atoms with Crippen LogP contribution >= 0.6 is 0 Å². The summed E-state index contributed by atoms with van der Waals surface area (Å²) in [5.41, 5.74) is 0.440. The number of amides is 1. The third kappa shape index (κ3) is 4.71. The van der Waals surface area contributed by atoms with Gasteiger partial charge in [-0.05, 0) is 24.3 Å². The third-order valence-electron chi connectivity index (χ3n) is 3.30. The van der Waals surface area contributed by atoms with Crippen molar-refractivity contribution in [2.45, 2.75) is 6.10 Å². The Morgan fingerprint density at radius 3 is 2.77 bits per heavy atom. The van der Waals surface area contributed by atoms with Crippen molar-refractivity contribution in [3.63, 3.8) is 0 Å². The molecule has 120 valence electrons. The number of rotatable bonds is 6. The predicted octanol–water partition coefficient (Wildman–Crippen LogP) is -0.355. The average Bonchev–Trinajstić information content (AvgIpc) is 2.52. The maximum atomic E-state index is 11.3. The summed E-state index contributed by atoms with van der Waals surface area (Å²) in [4.78, 5) is 24.4. The number of hydrogen-bond donors (Lipinski definition) is 2. The van der Waals surface area contributed by atoms with E-state index in [0.29, 0.717) is 30.9 Å². The van der Waals surface area contributed by atoms with Crippen LogP contribution in [-0.2, 0) is 9.53 Å². The van der Waals surface area contributed by atoms with Crippen molar-refractivity contribution < 1.29 is 24.2 Å². The van der Waals surface area contributed by atoms with Crippen LogP contribution in [0.4, 0.5) is 0 Å². The maximum absolute atomic E-state index is 11.3. The van der Waals surface area contributed by atoms with E-state index in [0.717, 1.165) is 6.54 Å². The van der Waals surface area contributed by atoms with E-state index >= 15 is 0 Å². The predicted molar refractivity (Wildman–Crippen MR) is 78.7 cm³/mol. The number of benzene rings is 1. The van der Waals surface area contributed by atoms with E-state index < -0.39 is 12.1 Å². The minimum atomic E-state index is -0.689. The molecule has 1 atom stereocenters. The van der Waals surface area contributed by atoms with Crippen LogP contribution in [0.1, 0.15) is 10.4 Å². The van der Waals surface area contributed by atoms with Gasteiger partial charge in [0.15, 0.2) is 0 Å². The first-order valence-corrected chi connectivity index (χ1v) is 7.07. The highest BCUT2D eigenvalue weighted by Gasteiger charge is 2.19. The first-order valence-electron chi connectivity index (χ1n) is 7.07. The number of piperazine rings is 1. The molecule has 7 heteroatoms. The first kappa shape index (κ1) is 16.3. The largest absolute Gasteiger partial charge is 0.491 e. The number of carbonyl (C=O) groups is 2. The molecule has 1 aliphatic heterocycles. The SMILES string of the molecule is COC(=O)c1ccc(OC[C@H](O)CN2CCNC(=O)C2)cc1. The molecule has 22 heavy (non-hydrogen) atoms. The summed E-state index contributed by atoms with van der Waals surface area (Å²) in [6.07, 6.45) is -0.689. The lowest BCUT2D eigenvalue weighted by Crippen LogP contribution is -2.50. The van der Waals surface area contributed by atoms with E-state index in [1.54, 1.807) is 24.3 Å². The fourth-order valence-corrected chi connectivity index (χ4v) is 2.20. The Morgan fingerprint density at radius 1 is 1.41 bits per heavy atom. The van der Waals surface area contributed by atoms with E-state index in [2.05, 4.69) is 10.1 Å². The van der Waals surface area contributed by atoms with Crippen LogP contribution in [0.5, 0.6) is 5.75 Å². The molecule has 0 aromatic heterocycles. The van der Waals surface area contributed by atoms with Crippen LogP contribution < -0.4 is 10.1 Å². The van der Waals surface area contributed by atoms with Gasteiger partial charge in [-0.15, -0.1) is 0 Å². The molecule has 2 N–H and O–H groups in total. The van der Waals surface area contributed by atoms with Crippen molar-refractivity contribution >= 4 is 11.9 Å². The molecule has 0 radical (unpaired) electrons. The van der Waals surface area contributed by atoms with E-state index in [1.165, 1.54) is 7.11 Å². The van der Waals surface area contributed by atoms with Crippen LogP contribution in [-0.4, -0.2) is 67.9 Å². The van der Waals surface area contributed by atoms with Crippen LogP contribution in [0.2, 0.25) is 0 Å². The van der Waals surface area contributed by atoms with Crippen molar-refractivity contribution in [2.75, 3.05) is 39.9 Å². The lowest BCUT2D eigenvalue weighted by molar-refractivity contribution is -0.124. The Morgan fingerprint density at radius 2 is 2.14 bits per heavy atom. The number of nitrogens with zero attached hydrogens (tertiary/aromatic N) is 1. The van der Waals surface area contributed by atoms with Gasteiger partial charge < -0.3 is 19.9 Å². The fraction of sp³-hybridized carbons (Fsp3) is 0.467. The Bertz CT molecular complexity index is 517. The van der Waals surface area contributed by atoms with E-state index in [1.807, 2.05) is 4.90 Å². The summed E-state index contributed by atoms with van der Waals surface area (Å²) in [6.45, 7) is 2.12. The summed E-state index contributed by atoms with van der Waals surface area (Å²) in [5.74, 6) is 0.121. The highest BCUT2D eigenvalue weighted by atomic mass is 16.5. The lowest BCUT2D eigenvalue weighted by Gasteiger charge is -2.28. The van der Waals surface area contributed by atoms with Gasteiger partial charge in [-0.3, -0.25) is 9.69 Å². The van der Waals surface area contributed by atoms with Gasteiger partial charge in [-0.2, -0.15) is 0 Å². The number of aliphatic hydroxyl groups excluding tert-OH is 1. The molecule has 1 aliphatic rings. The number of aliphatic hydroxyl groups is 1. The molecule has 0 bridgehead atoms. The van der Waals surface area contributed by atoms with Crippen molar-refractivity contribution in [1.82, 2.24) is 10.2 Å². The molecule has 7 nitrogen and oxygen atoms in total. The van der Waals surface area contributed by atoms with Gasteiger partial charge in [0, 0.05) is 19.6 Å². The lowest BCUT2D eigenvalue weighted by atomic mass is 10.2. The van der Waals surface area contributed by atoms with Gasteiger partial charge >= 0.3 is 5.97 Å². The number of esters is 1. The van der Waals surface area contributed by atoms with Crippen LogP contribution in [0.3, 0.4) is 0 Å². The molecule has 0 spiro atoms. The average molecular weight is 308 g/mol. The Labute approximate surface area is 128 Å². The second-order valence-electron chi connectivity index (χ2n) is 5.07. The minimum absolute atomic E-state index is 0.0298. The molecule has 1 fully saturated rings. The van der Waals surface area contributed by atoms with Crippen molar-refractivity contribution in [3.05, 3.63) is 29.8 Å². The van der Waals surface area contributed by atoms with Gasteiger partial charge in [0.1, 0.15) is 18.5 Å². The van der Waals surface area contributed by atoms with Crippen molar-refractivity contribution in [2.24, 2.45) is 0 Å². The molecule has 0 aliphatic carbocycles. The van der Waals surface area contributed by atoms with Crippen LogP contribution in [0.25, 0.3) is 0 Å². The molecule has 1 aromatic carbocycles. The van der Waals surface area contributed by atoms with Gasteiger partial charge in [-0.25, -0.2) is 4.79 Å². The van der Waals surface area contributed by atoms with Crippen LogP contribution in [0.15, 0.2) is 24.3 Å². The first-order chi connectivity index (χ1) is 10.6. The van der Waals surface area contributed by atoms with Gasteiger partial charge in [0.25, 0.3) is 0 Å². The molecule has 2 rings (SSSR count). The summed E-state index contributed by atoms with van der Waals surface area (Å²) in [5, 5.41) is 12.7. The van der Waals surface area contributed by atoms with Gasteiger partial charge in [0.2, 0.25) is 5.91 Å². The quantitative estimate of drug-likeness (QED) is 0.698. The highest BCUT2D eigenvalue weighted by Crippen LogP contribution is 2.13. The molecule has 1 heterocycles. The summed E-state index contributed by atoms with van der Waals surface area (Å²) >= 11 is 0. The summed E-state index contributed by atoms with van der Waals surface area (Å²) in [7, 11) is 1.32.